The summed E-state index contributed by atoms with van der Waals surface area (Å²) in [6.45, 7) is 3.42. The number of nitro groups is 1. The lowest BCUT2D eigenvalue weighted by atomic mass is 10.2. The third-order valence-electron chi connectivity index (χ3n) is 3.28. The number of non-ortho nitro benzene ring substituents is 1. The van der Waals surface area contributed by atoms with Crippen molar-refractivity contribution in [2.75, 3.05) is 0 Å². The monoisotopic (exact) mass is 361 g/mol. The van der Waals surface area contributed by atoms with Gasteiger partial charge in [0.2, 0.25) is 0 Å². The predicted octanol–water partition coefficient (Wildman–Crippen LogP) is 3.47. The molecule has 0 aliphatic rings. The highest BCUT2D eigenvalue weighted by atomic mass is 35.5. The van der Waals surface area contributed by atoms with E-state index >= 15 is 0 Å². The molecule has 0 heterocycles. The number of aryl methyl sites for hydroxylation is 1. The van der Waals surface area contributed by atoms with Crippen molar-refractivity contribution in [2.45, 2.75) is 20.0 Å². The Bertz CT molecular complexity index is 823. The quantitative estimate of drug-likeness (QED) is 0.484. The Hall–Kier alpha value is -2.93. The Labute approximate surface area is 149 Å². The summed E-state index contributed by atoms with van der Waals surface area (Å²) >= 11 is 5.88. The van der Waals surface area contributed by atoms with Crippen LogP contribution in [0.4, 0.5) is 5.69 Å². The summed E-state index contributed by atoms with van der Waals surface area (Å²) < 4.78 is 5.58. The van der Waals surface area contributed by atoms with Crippen molar-refractivity contribution in [3.8, 4) is 5.75 Å². The van der Waals surface area contributed by atoms with E-state index in [0.29, 0.717) is 16.3 Å². The molecule has 0 fully saturated rings. The first-order chi connectivity index (χ1) is 11.9. The van der Waals surface area contributed by atoms with Crippen molar-refractivity contribution in [1.29, 1.82) is 0 Å². The fourth-order valence-corrected chi connectivity index (χ4v) is 2.20. The second kappa shape index (κ2) is 8.25. The average Bonchev–Trinajstić information content (AvgIpc) is 2.57. The third kappa shape index (κ3) is 5.29. The maximum atomic E-state index is 12.0. The van der Waals surface area contributed by atoms with Gasteiger partial charge in [0.05, 0.1) is 11.1 Å². The van der Waals surface area contributed by atoms with E-state index in [1.165, 1.54) is 24.4 Å². The molecule has 1 amide bonds. The normalized spacial score (nSPS) is 12.0. The van der Waals surface area contributed by atoms with Crippen LogP contribution in [0.1, 0.15) is 18.1 Å². The van der Waals surface area contributed by atoms with Gasteiger partial charge in [-0.2, -0.15) is 5.10 Å². The largest absolute Gasteiger partial charge is 0.481 e. The van der Waals surface area contributed by atoms with Gasteiger partial charge in [-0.25, -0.2) is 5.43 Å². The van der Waals surface area contributed by atoms with Crippen molar-refractivity contribution in [3.05, 3.63) is 68.7 Å². The molecule has 1 atom stereocenters. The predicted molar refractivity (Wildman–Crippen MR) is 95.1 cm³/mol. The molecule has 7 nitrogen and oxygen atoms in total. The van der Waals surface area contributed by atoms with Crippen LogP contribution in [0.15, 0.2) is 47.6 Å². The Morgan fingerprint density at radius 3 is 2.80 bits per heavy atom. The van der Waals surface area contributed by atoms with Crippen LogP contribution in [0.25, 0.3) is 0 Å². The van der Waals surface area contributed by atoms with Crippen molar-refractivity contribution in [3.63, 3.8) is 0 Å². The van der Waals surface area contributed by atoms with Crippen LogP contribution in [0, 0.1) is 17.0 Å². The van der Waals surface area contributed by atoms with Crippen molar-refractivity contribution >= 4 is 29.4 Å². The van der Waals surface area contributed by atoms with Crippen LogP contribution in [0.5, 0.6) is 5.75 Å². The number of hydrogen-bond acceptors (Lipinski definition) is 5. The molecular weight excluding hydrogens is 346 g/mol. The molecule has 0 aliphatic heterocycles. The van der Waals surface area contributed by atoms with E-state index in [-0.39, 0.29) is 5.69 Å². The number of halogens is 1. The number of carbonyl (C=O) groups is 1. The van der Waals surface area contributed by atoms with Crippen LogP contribution in [-0.4, -0.2) is 23.1 Å². The van der Waals surface area contributed by atoms with E-state index in [4.69, 9.17) is 16.3 Å². The van der Waals surface area contributed by atoms with E-state index in [1.807, 2.05) is 6.92 Å². The third-order valence-corrected chi connectivity index (χ3v) is 3.51. The Balaban J connectivity index is 1.95. The van der Waals surface area contributed by atoms with Gasteiger partial charge < -0.3 is 4.74 Å². The second-order valence-corrected chi connectivity index (χ2v) is 5.69. The Kier molecular flexibility index (Phi) is 6.08. The number of nitrogens with zero attached hydrogens (tertiary/aromatic N) is 2. The summed E-state index contributed by atoms with van der Waals surface area (Å²) in [5.74, 6) is 0.103. The summed E-state index contributed by atoms with van der Waals surface area (Å²) in [6.07, 6.45) is 0.549. The molecular formula is C17H16ClN3O4. The lowest BCUT2D eigenvalue weighted by Gasteiger charge is -2.14. The van der Waals surface area contributed by atoms with Gasteiger partial charge in [-0.05, 0) is 37.6 Å². The summed E-state index contributed by atoms with van der Waals surface area (Å²) in [4.78, 5) is 22.2. The van der Waals surface area contributed by atoms with Crippen LogP contribution in [-0.2, 0) is 4.79 Å². The number of rotatable bonds is 6. The number of ether oxygens (including phenoxy) is 1. The lowest BCUT2D eigenvalue weighted by Crippen LogP contribution is -2.33. The maximum Gasteiger partial charge on any atom is 0.280 e. The van der Waals surface area contributed by atoms with E-state index in [1.54, 1.807) is 31.2 Å². The molecule has 8 heteroatoms. The highest BCUT2D eigenvalue weighted by molar-refractivity contribution is 6.30. The molecule has 25 heavy (non-hydrogen) atoms. The summed E-state index contributed by atoms with van der Waals surface area (Å²) in [6, 6.07) is 11.0. The van der Waals surface area contributed by atoms with E-state index < -0.39 is 16.9 Å². The maximum absolute atomic E-state index is 12.0. The minimum atomic E-state index is -0.776. The highest BCUT2D eigenvalue weighted by Crippen LogP contribution is 2.22. The Morgan fingerprint density at radius 1 is 1.36 bits per heavy atom. The molecule has 0 spiro atoms. The lowest BCUT2D eigenvalue weighted by molar-refractivity contribution is -0.384. The number of hydrazone groups is 1. The molecule has 130 valence electrons. The minimum Gasteiger partial charge on any atom is -0.481 e. The zero-order valence-electron chi connectivity index (χ0n) is 13.6. The number of benzene rings is 2. The molecule has 0 aromatic heterocycles. The van der Waals surface area contributed by atoms with Crippen LogP contribution < -0.4 is 10.2 Å². The van der Waals surface area contributed by atoms with Gasteiger partial charge in [0, 0.05) is 22.7 Å². The van der Waals surface area contributed by atoms with Gasteiger partial charge in [-0.15, -0.1) is 0 Å². The van der Waals surface area contributed by atoms with E-state index in [9.17, 15) is 14.9 Å². The van der Waals surface area contributed by atoms with E-state index in [2.05, 4.69) is 10.5 Å². The average molecular weight is 362 g/mol. The smallest absolute Gasteiger partial charge is 0.280 e. The second-order valence-electron chi connectivity index (χ2n) is 5.26. The van der Waals surface area contributed by atoms with Gasteiger partial charge in [0.1, 0.15) is 5.75 Å². The molecule has 0 saturated heterocycles. The number of amides is 1. The fraction of sp³-hybridized carbons (Fsp3) is 0.176. The van der Waals surface area contributed by atoms with Gasteiger partial charge in [0.15, 0.2) is 6.10 Å². The molecule has 0 aliphatic carbocycles. The minimum absolute atomic E-state index is 0.0507. The highest BCUT2D eigenvalue weighted by Gasteiger charge is 2.15. The van der Waals surface area contributed by atoms with Crippen LogP contribution >= 0.6 is 11.6 Å². The number of hydrogen-bond donors (Lipinski definition) is 1. The van der Waals surface area contributed by atoms with Crippen LogP contribution in [0.2, 0.25) is 5.02 Å². The SMILES string of the molecule is Cc1cc(Cl)ccc1O[C@H](C)C(=O)N/N=C\c1cccc([N+](=O)[O-])c1. The molecule has 2 rings (SSSR count). The standard InChI is InChI=1S/C17H16ClN3O4/c1-11-8-14(18)6-7-16(11)25-12(2)17(22)20-19-10-13-4-3-5-15(9-13)21(23)24/h3-10,12H,1-2H3,(H,20,22)/b19-10-/t12-/m1/s1. The first-order valence-electron chi connectivity index (χ1n) is 7.37. The first-order valence-corrected chi connectivity index (χ1v) is 7.75. The summed E-state index contributed by atoms with van der Waals surface area (Å²) in [5.41, 5.74) is 3.60. The van der Waals surface area contributed by atoms with Crippen molar-refractivity contribution < 1.29 is 14.5 Å². The number of nitro benzene ring substituents is 1. The van der Waals surface area contributed by atoms with E-state index in [0.717, 1.165) is 5.56 Å². The molecule has 0 unspecified atom stereocenters. The summed E-state index contributed by atoms with van der Waals surface area (Å²) in [5, 5.41) is 15.1. The number of carbonyl (C=O) groups excluding carboxylic acids is 1. The summed E-state index contributed by atoms with van der Waals surface area (Å²) in [7, 11) is 0. The first kappa shape index (κ1) is 18.4. The van der Waals surface area contributed by atoms with Crippen molar-refractivity contribution in [2.24, 2.45) is 5.10 Å². The van der Waals surface area contributed by atoms with Gasteiger partial charge >= 0.3 is 0 Å². The zero-order chi connectivity index (χ0) is 18.4. The fourth-order valence-electron chi connectivity index (χ4n) is 1.97. The molecule has 0 radical (unpaired) electrons. The molecule has 1 N–H and O–H groups in total. The molecule has 0 bridgehead atoms. The Morgan fingerprint density at radius 2 is 2.12 bits per heavy atom. The molecule has 2 aromatic carbocycles. The van der Waals surface area contributed by atoms with Crippen LogP contribution in [0.3, 0.4) is 0 Å². The zero-order valence-corrected chi connectivity index (χ0v) is 14.4. The van der Waals surface area contributed by atoms with Gasteiger partial charge in [-0.1, -0.05) is 23.7 Å². The van der Waals surface area contributed by atoms with Crippen molar-refractivity contribution in [1.82, 2.24) is 5.43 Å². The molecule has 2 aromatic rings. The topological polar surface area (TPSA) is 93.8 Å². The molecule has 0 saturated carbocycles. The van der Waals surface area contributed by atoms with Gasteiger partial charge in [0.25, 0.3) is 11.6 Å². The number of nitrogens with one attached hydrogen (secondary N) is 1. The van der Waals surface area contributed by atoms with Gasteiger partial charge in [-0.3, -0.25) is 14.9 Å².